The fourth-order valence-electron chi connectivity index (χ4n) is 5.03. The summed E-state index contributed by atoms with van der Waals surface area (Å²) in [5.41, 5.74) is 3.68. The Morgan fingerprint density at radius 2 is 2.28 bits per heavy atom. The van der Waals surface area contributed by atoms with Gasteiger partial charge in [-0.2, -0.15) is 0 Å². The van der Waals surface area contributed by atoms with E-state index < -0.39 is 0 Å². The first-order valence-corrected chi connectivity index (χ1v) is 7.45. The summed E-state index contributed by atoms with van der Waals surface area (Å²) in [4.78, 5) is 7.06. The molecular weight excluding hydrogens is 220 g/mol. The van der Waals surface area contributed by atoms with Crippen LogP contribution >= 0.6 is 0 Å². The Balaban J connectivity index is 1.90. The maximum absolute atomic E-state index is 4.44. The van der Waals surface area contributed by atoms with E-state index in [-0.39, 0.29) is 0 Å². The first-order chi connectivity index (χ1) is 8.81. The van der Waals surface area contributed by atoms with Crippen LogP contribution in [0.15, 0.2) is 18.5 Å². The molecule has 2 aliphatic carbocycles. The molecular formula is C16H22N2. The van der Waals surface area contributed by atoms with Crippen molar-refractivity contribution < 1.29 is 0 Å². The van der Waals surface area contributed by atoms with Crippen LogP contribution in [0.3, 0.4) is 0 Å². The fraction of sp³-hybridized carbons (Fsp3) is 0.688. The van der Waals surface area contributed by atoms with Gasteiger partial charge in [-0.05, 0) is 62.4 Å². The van der Waals surface area contributed by atoms with Gasteiger partial charge in [-0.3, -0.25) is 4.98 Å². The van der Waals surface area contributed by atoms with E-state index in [1.54, 1.807) is 11.1 Å². The minimum absolute atomic E-state index is 0.483. The maximum atomic E-state index is 4.44. The second kappa shape index (κ2) is 3.80. The number of rotatable bonds is 0. The van der Waals surface area contributed by atoms with Gasteiger partial charge in [-0.25, -0.2) is 0 Å². The van der Waals surface area contributed by atoms with E-state index in [1.165, 1.54) is 45.1 Å². The molecule has 1 saturated carbocycles. The molecule has 18 heavy (non-hydrogen) atoms. The zero-order chi connectivity index (χ0) is 12.2. The normalized spacial score (nSPS) is 38.9. The van der Waals surface area contributed by atoms with Gasteiger partial charge in [-0.1, -0.05) is 12.8 Å². The van der Waals surface area contributed by atoms with Crippen molar-refractivity contribution in [1.29, 1.82) is 0 Å². The monoisotopic (exact) mass is 242 g/mol. The van der Waals surface area contributed by atoms with Crippen molar-refractivity contribution >= 4 is 0 Å². The Kier molecular flexibility index (Phi) is 2.32. The van der Waals surface area contributed by atoms with Crippen LogP contribution in [0, 0.1) is 5.92 Å². The summed E-state index contributed by atoms with van der Waals surface area (Å²) in [6.45, 7) is 1.27. The van der Waals surface area contributed by atoms with Gasteiger partial charge in [0.2, 0.25) is 0 Å². The molecule has 1 aromatic rings. The topological polar surface area (TPSA) is 16.1 Å². The fourth-order valence-corrected chi connectivity index (χ4v) is 5.03. The minimum atomic E-state index is 0.483. The molecule has 0 amide bonds. The third kappa shape index (κ3) is 1.30. The SMILES string of the molecule is CN1CC[C@@]23CCCC[C@@H]2[C@@H]1Cc1ccncc13. The maximum Gasteiger partial charge on any atom is 0.0308 e. The van der Waals surface area contributed by atoms with Crippen molar-refractivity contribution in [1.82, 2.24) is 9.88 Å². The molecule has 2 heteroatoms. The molecule has 0 radical (unpaired) electrons. The van der Waals surface area contributed by atoms with Gasteiger partial charge in [0.15, 0.2) is 0 Å². The molecule has 0 N–H and O–H groups in total. The first-order valence-electron chi connectivity index (χ1n) is 7.45. The van der Waals surface area contributed by atoms with Crippen LogP contribution in [0.1, 0.15) is 43.2 Å². The summed E-state index contributed by atoms with van der Waals surface area (Å²) < 4.78 is 0. The zero-order valence-corrected chi connectivity index (χ0v) is 11.2. The Labute approximate surface area is 109 Å². The van der Waals surface area contributed by atoms with Crippen molar-refractivity contribution in [2.45, 2.75) is 50.0 Å². The van der Waals surface area contributed by atoms with Crippen molar-refractivity contribution in [3.8, 4) is 0 Å². The van der Waals surface area contributed by atoms with Gasteiger partial charge in [0.1, 0.15) is 0 Å². The van der Waals surface area contributed by atoms with Gasteiger partial charge in [0, 0.05) is 23.9 Å². The summed E-state index contributed by atoms with van der Waals surface area (Å²) in [7, 11) is 2.33. The van der Waals surface area contributed by atoms with Gasteiger partial charge < -0.3 is 4.90 Å². The van der Waals surface area contributed by atoms with Gasteiger partial charge in [-0.15, -0.1) is 0 Å². The summed E-state index contributed by atoms with van der Waals surface area (Å²) in [6.07, 6.45) is 12.5. The molecule has 2 heterocycles. The van der Waals surface area contributed by atoms with Crippen LogP contribution in [0.5, 0.6) is 0 Å². The van der Waals surface area contributed by atoms with Crippen LogP contribution in [-0.4, -0.2) is 29.5 Å². The number of likely N-dealkylation sites (tertiary alicyclic amines) is 1. The van der Waals surface area contributed by atoms with Gasteiger partial charge in [0.05, 0.1) is 0 Å². The molecule has 96 valence electrons. The molecule has 2 bridgehead atoms. The highest BCUT2D eigenvalue weighted by Gasteiger charge is 2.52. The number of pyridine rings is 1. The second-order valence-electron chi connectivity index (χ2n) is 6.54. The standard InChI is InChI=1S/C16H22N2/c1-18-9-7-16-6-3-2-4-13(16)15(18)10-12-5-8-17-11-14(12)16/h5,8,11,13,15H,2-4,6-7,9-10H2,1H3/t13-,15+,16+/m1/s1. The second-order valence-corrected chi connectivity index (χ2v) is 6.54. The highest BCUT2D eigenvalue weighted by Crippen LogP contribution is 2.55. The average molecular weight is 242 g/mol. The lowest BCUT2D eigenvalue weighted by molar-refractivity contribution is 0.00262. The molecule has 2 nitrogen and oxygen atoms in total. The lowest BCUT2D eigenvalue weighted by atomic mass is 9.53. The van der Waals surface area contributed by atoms with Crippen LogP contribution in [0.4, 0.5) is 0 Å². The third-order valence-corrected chi connectivity index (χ3v) is 5.92. The van der Waals surface area contributed by atoms with Gasteiger partial charge in [0.25, 0.3) is 0 Å². The number of hydrogen-bond donors (Lipinski definition) is 0. The van der Waals surface area contributed by atoms with Crippen molar-refractivity contribution in [3.63, 3.8) is 0 Å². The molecule has 3 aliphatic rings. The number of fused-ring (bicyclic) bond motifs is 1. The predicted molar refractivity (Wildman–Crippen MR) is 72.6 cm³/mol. The molecule has 3 atom stereocenters. The van der Waals surface area contributed by atoms with E-state index in [0.717, 1.165) is 12.0 Å². The first kappa shape index (κ1) is 11.0. The molecule has 4 rings (SSSR count). The Morgan fingerprint density at radius 1 is 1.33 bits per heavy atom. The molecule has 1 aromatic heterocycles. The average Bonchev–Trinajstić information content (AvgIpc) is 2.43. The zero-order valence-electron chi connectivity index (χ0n) is 11.2. The number of nitrogens with zero attached hydrogens (tertiary/aromatic N) is 2. The summed E-state index contributed by atoms with van der Waals surface area (Å²) in [6, 6.07) is 3.06. The van der Waals surface area contributed by atoms with Crippen LogP contribution in [0.25, 0.3) is 0 Å². The Morgan fingerprint density at radius 3 is 3.22 bits per heavy atom. The molecule has 2 fully saturated rings. The quantitative estimate of drug-likeness (QED) is 0.695. The van der Waals surface area contributed by atoms with Gasteiger partial charge >= 0.3 is 0 Å². The van der Waals surface area contributed by atoms with E-state index in [4.69, 9.17) is 0 Å². The number of piperidine rings is 1. The van der Waals surface area contributed by atoms with E-state index in [9.17, 15) is 0 Å². The minimum Gasteiger partial charge on any atom is -0.303 e. The molecule has 0 unspecified atom stereocenters. The molecule has 0 spiro atoms. The van der Waals surface area contributed by atoms with Crippen LogP contribution in [0.2, 0.25) is 0 Å². The summed E-state index contributed by atoms with van der Waals surface area (Å²) in [5, 5.41) is 0. The Hall–Kier alpha value is -0.890. The molecule has 1 aliphatic heterocycles. The van der Waals surface area contributed by atoms with Crippen LogP contribution in [-0.2, 0) is 11.8 Å². The highest BCUT2D eigenvalue weighted by molar-refractivity contribution is 5.39. The van der Waals surface area contributed by atoms with E-state index in [2.05, 4.69) is 29.2 Å². The lowest BCUT2D eigenvalue weighted by Gasteiger charge is -2.58. The van der Waals surface area contributed by atoms with E-state index >= 15 is 0 Å². The Bertz CT molecular complexity index is 470. The van der Waals surface area contributed by atoms with E-state index in [1.807, 2.05) is 6.20 Å². The van der Waals surface area contributed by atoms with Crippen molar-refractivity contribution in [2.24, 2.45) is 5.92 Å². The van der Waals surface area contributed by atoms with Crippen molar-refractivity contribution in [3.05, 3.63) is 29.6 Å². The third-order valence-electron chi connectivity index (χ3n) is 5.92. The highest BCUT2D eigenvalue weighted by atomic mass is 15.1. The number of aromatic nitrogens is 1. The van der Waals surface area contributed by atoms with Crippen molar-refractivity contribution in [2.75, 3.05) is 13.6 Å². The van der Waals surface area contributed by atoms with Crippen LogP contribution < -0.4 is 0 Å². The molecule has 1 saturated heterocycles. The lowest BCUT2D eigenvalue weighted by Crippen LogP contribution is -2.59. The smallest absolute Gasteiger partial charge is 0.0308 e. The number of hydrogen-bond acceptors (Lipinski definition) is 2. The molecule has 0 aromatic carbocycles. The number of likely N-dealkylation sites (N-methyl/N-ethyl adjacent to an activating group) is 1. The largest absolute Gasteiger partial charge is 0.303 e. The van der Waals surface area contributed by atoms with E-state index in [0.29, 0.717) is 5.41 Å². The predicted octanol–water partition coefficient (Wildman–Crippen LogP) is 2.77. The summed E-state index contributed by atoms with van der Waals surface area (Å²) in [5.74, 6) is 0.890. The summed E-state index contributed by atoms with van der Waals surface area (Å²) >= 11 is 0.